The number of nitrogens with one attached hydrogen (secondary N) is 1. The monoisotopic (exact) mass is 260 g/mol. The minimum absolute atomic E-state index is 0.0672. The lowest BCUT2D eigenvalue weighted by Gasteiger charge is -2.26. The molecule has 0 rings (SSSR count). The Morgan fingerprint density at radius 3 is 2.18 bits per heavy atom. The molecule has 102 valence electrons. The van der Waals surface area contributed by atoms with Crippen LogP contribution in [0.15, 0.2) is 0 Å². The van der Waals surface area contributed by atoms with Gasteiger partial charge in [0, 0.05) is 5.54 Å². The Morgan fingerprint density at radius 2 is 1.76 bits per heavy atom. The fourth-order valence-corrected chi connectivity index (χ4v) is 2.68. The fourth-order valence-electron chi connectivity index (χ4n) is 1.43. The van der Waals surface area contributed by atoms with E-state index in [1.807, 2.05) is 11.8 Å². The second-order valence-corrected chi connectivity index (χ2v) is 7.16. The molecule has 0 unspecified atom stereocenters. The van der Waals surface area contributed by atoms with Crippen molar-refractivity contribution in [2.45, 2.75) is 59.0 Å². The van der Waals surface area contributed by atoms with Crippen molar-refractivity contribution in [2.24, 2.45) is 11.7 Å². The molecule has 4 heteroatoms. The lowest BCUT2D eigenvalue weighted by Crippen LogP contribution is -2.50. The maximum Gasteiger partial charge on any atom is 0.234 e. The highest BCUT2D eigenvalue weighted by Crippen LogP contribution is 2.12. The zero-order valence-corrected chi connectivity index (χ0v) is 12.7. The van der Waals surface area contributed by atoms with Crippen LogP contribution in [0.2, 0.25) is 0 Å². The van der Waals surface area contributed by atoms with Crippen molar-refractivity contribution in [3.05, 3.63) is 0 Å². The minimum Gasteiger partial charge on any atom is -0.368 e. The molecule has 0 aromatic rings. The zero-order chi connectivity index (χ0) is 13.5. The van der Waals surface area contributed by atoms with Crippen LogP contribution in [0.3, 0.4) is 0 Å². The first-order valence-electron chi connectivity index (χ1n) is 6.37. The van der Waals surface area contributed by atoms with Gasteiger partial charge in [0.05, 0.1) is 6.04 Å². The third-order valence-electron chi connectivity index (χ3n) is 2.34. The minimum atomic E-state index is -0.246. The molecule has 0 spiro atoms. The molecule has 0 heterocycles. The van der Waals surface area contributed by atoms with Crippen LogP contribution in [0.5, 0.6) is 0 Å². The van der Waals surface area contributed by atoms with E-state index in [1.54, 1.807) is 0 Å². The first kappa shape index (κ1) is 16.8. The molecule has 0 bridgehead atoms. The Labute approximate surface area is 110 Å². The van der Waals surface area contributed by atoms with Crippen LogP contribution in [0, 0.1) is 5.92 Å². The molecule has 0 saturated heterocycles. The molecule has 1 amide bonds. The van der Waals surface area contributed by atoms with E-state index < -0.39 is 0 Å². The third-order valence-corrected chi connectivity index (χ3v) is 3.39. The van der Waals surface area contributed by atoms with Gasteiger partial charge in [0.1, 0.15) is 0 Å². The number of primary amides is 1. The van der Waals surface area contributed by atoms with Crippen molar-refractivity contribution >= 4 is 17.7 Å². The lowest BCUT2D eigenvalue weighted by molar-refractivity contribution is -0.120. The smallest absolute Gasteiger partial charge is 0.234 e. The van der Waals surface area contributed by atoms with Gasteiger partial charge in [-0.1, -0.05) is 13.8 Å². The maximum atomic E-state index is 11.3. The summed E-state index contributed by atoms with van der Waals surface area (Å²) in [5, 5.41) is 3.27. The highest BCUT2D eigenvalue weighted by Gasteiger charge is 2.21. The first-order chi connectivity index (χ1) is 7.72. The van der Waals surface area contributed by atoms with E-state index in [4.69, 9.17) is 5.73 Å². The number of hydrogen-bond acceptors (Lipinski definition) is 3. The molecular weight excluding hydrogens is 232 g/mol. The normalized spacial score (nSPS) is 14.0. The van der Waals surface area contributed by atoms with E-state index in [1.165, 1.54) is 12.2 Å². The number of rotatable bonds is 8. The summed E-state index contributed by atoms with van der Waals surface area (Å²) in [4.78, 5) is 11.3. The summed E-state index contributed by atoms with van der Waals surface area (Å²) in [6.07, 6.45) is 2.05. The summed E-state index contributed by atoms with van der Waals surface area (Å²) in [5.74, 6) is 2.66. The van der Waals surface area contributed by atoms with Crippen LogP contribution in [-0.2, 0) is 4.79 Å². The molecule has 0 aliphatic carbocycles. The van der Waals surface area contributed by atoms with Crippen molar-refractivity contribution in [2.75, 3.05) is 11.5 Å². The third kappa shape index (κ3) is 10.6. The molecule has 3 N–H and O–H groups in total. The molecular formula is C13H28N2OS. The number of hydrogen-bond donors (Lipinski definition) is 2. The van der Waals surface area contributed by atoms with E-state index in [0.29, 0.717) is 0 Å². The van der Waals surface area contributed by atoms with Gasteiger partial charge in [-0.15, -0.1) is 0 Å². The Morgan fingerprint density at radius 1 is 1.24 bits per heavy atom. The number of nitrogens with two attached hydrogens (primary N) is 1. The van der Waals surface area contributed by atoms with Crippen molar-refractivity contribution in [1.82, 2.24) is 5.32 Å². The van der Waals surface area contributed by atoms with Gasteiger partial charge in [-0.05, 0) is 51.0 Å². The molecule has 0 aromatic heterocycles. The van der Waals surface area contributed by atoms with E-state index in [9.17, 15) is 4.79 Å². The second kappa shape index (κ2) is 7.98. The molecule has 1 atom stereocenters. The summed E-state index contributed by atoms with van der Waals surface area (Å²) < 4.78 is 0. The Hall–Kier alpha value is -0.220. The van der Waals surface area contributed by atoms with Crippen molar-refractivity contribution in [1.29, 1.82) is 0 Å². The van der Waals surface area contributed by atoms with E-state index in [-0.39, 0.29) is 17.5 Å². The zero-order valence-electron chi connectivity index (χ0n) is 11.9. The highest BCUT2D eigenvalue weighted by molar-refractivity contribution is 7.99. The fraction of sp³-hybridized carbons (Fsp3) is 0.923. The number of amides is 1. The van der Waals surface area contributed by atoms with E-state index in [2.05, 4.69) is 39.9 Å². The average Bonchev–Trinajstić information content (AvgIpc) is 2.12. The van der Waals surface area contributed by atoms with Gasteiger partial charge >= 0.3 is 0 Å². The van der Waals surface area contributed by atoms with Gasteiger partial charge in [0.15, 0.2) is 0 Å². The van der Waals surface area contributed by atoms with Crippen molar-refractivity contribution < 1.29 is 4.79 Å². The molecule has 0 aliphatic heterocycles. The van der Waals surface area contributed by atoms with Gasteiger partial charge in [-0.2, -0.15) is 11.8 Å². The molecule has 0 saturated carbocycles. The summed E-state index contributed by atoms with van der Waals surface area (Å²) in [5.41, 5.74) is 5.33. The summed E-state index contributed by atoms with van der Waals surface area (Å²) in [6.45, 7) is 10.6. The van der Waals surface area contributed by atoms with Crippen LogP contribution in [0.25, 0.3) is 0 Å². The SMILES string of the molecule is CC(C)CCSCC[C@@H](NC(C)(C)C)C(N)=O. The van der Waals surface area contributed by atoms with Crippen LogP contribution < -0.4 is 11.1 Å². The molecule has 0 fully saturated rings. The maximum absolute atomic E-state index is 11.3. The lowest BCUT2D eigenvalue weighted by atomic mass is 10.1. The van der Waals surface area contributed by atoms with Crippen LogP contribution in [0.1, 0.15) is 47.5 Å². The quantitative estimate of drug-likeness (QED) is 0.659. The van der Waals surface area contributed by atoms with Gasteiger partial charge in [0.2, 0.25) is 5.91 Å². The Bertz CT molecular complexity index is 224. The topological polar surface area (TPSA) is 55.1 Å². The predicted octanol–water partition coefficient (Wildman–Crippen LogP) is 2.40. The predicted molar refractivity (Wildman–Crippen MR) is 77.3 cm³/mol. The Balaban J connectivity index is 3.83. The summed E-state index contributed by atoms with van der Waals surface area (Å²) in [7, 11) is 0. The number of carbonyl (C=O) groups excluding carboxylic acids is 1. The first-order valence-corrected chi connectivity index (χ1v) is 7.52. The highest BCUT2D eigenvalue weighted by atomic mass is 32.2. The second-order valence-electron chi connectivity index (χ2n) is 5.93. The summed E-state index contributed by atoms with van der Waals surface area (Å²) >= 11 is 1.91. The number of carbonyl (C=O) groups is 1. The molecule has 0 radical (unpaired) electrons. The Kier molecular flexibility index (Phi) is 7.88. The standard InChI is InChI=1S/C13H28N2OS/c1-10(2)6-8-17-9-7-11(12(14)16)15-13(3,4)5/h10-11,15H,6-9H2,1-5H3,(H2,14,16)/t11-/m1/s1. The van der Waals surface area contributed by atoms with Crippen LogP contribution in [0.4, 0.5) is 0 Å². The van der Waals surface area contributed by atoms with Crippen molar-refractivity contribution in [3.63, 3.8) is 0 Å². The van der Waals surface area contributed by atoms with Crippen LogP contribution >= 0.6 is 11.8 Å². The average molecular weight is 260 g/mol. The molecule has 17 heavy (non-hydrogen) atoms. The van der Waals surface area contributed by atoms with Gasteiger partial charge in [-0.25, -0.2) is 0 Å². The van der Waals surface area contributed by atoms with E-state index >= 15 is 0 Å². The van der Waals surface area contributed by atoms with Gasteiger partial charge in [0.25, 0.3) is 0 Å². The van der Waals surface area contributed by atoms with Crippen molar-refractivity contribution in [3.8, 4) is 0 Å². The molecule has 3 nitrogen and oxygen atoms in total. The van der Waals surface area contributed by atoms with Gasteiger partial charge in [-0.3, -0.25) is 4.79 Å². The van der Waals surface area contributed by atoms with Crippen LogP contribution in [-0.4, -0.2) is 29.0 Å². The largest absolute Gasteiger partial charge is 0.368 e. The summed E-state index contributed by atoms with van der Waals surface area (Å²) in [6, 6.07) is -0.207. The van der Waals surface area contributed by atoms with Gasteiger partial charge < -0.3 is 11.1 Å². The molecule has 0 aliphatic rings. The molecule has 0 aromatic carbocycles. The van der Waals surface area contributed by atoms with E-state index in [0.717, 1.165) is 18.1 Å². The number of thioether (sulfide) groups is 1.